The van der Waals surface area contributed by atoms with Crippen LogP contribution >= 0.6 is 11.3 Å². The third kappa shape index (κ3) is 9.48. The number of carboxylic acids is 1. The van der Waals surface area contributed by atoms with Crippen LogP contribution in [0.2, 0.25) is 0 Å². The number of carbonyl (C=O) groups excluding carboxylic acids is 3. The van der Waals surface area contributed by atoms with E-state index in [1.165, 1.54) is 11.3 Å². The number of thiazole rings is 1. The number of carbonyl (C=O) groups is 4. The molecule has 2 saturated heterocycles. The number of hydrogen-bond acceptors (Lipinski definition) is 13. The number of piperidine rings is 1. The van der Waals surface area contributed by atoms with Crippen molar-refractivity contribution in [2.24, 2.45) is 18.9 Å². The molecule has 74 heavy (non-hydrogen) atoms. The maximum absolute atomic E-state index is 13.6. The zero-order valence-corrected chi connectivity index (χ0v) is 42.4. The molecule has 4 fully saturated rings. The average molecular weight is 1010 g/mol. The summed E-state index contributed by atoms with van der Waals surface area (Å²) < 4.78 is 16.0. The molecule has 3 amide bonds. The first-order valence-electron chi connectivity index (χ1n) is 25.9. The van der Waals surface area contributed by atoms with Crippen molar-refractivity contribution in [3.05, 3.63) is 125 Å². The van der Waals surface area contributed by atoms with Gasteiger partial charge in [0.05, 0.1) is 46.2 Å². The number of nitrogens with zero attached hydrogens (tertiary/aromatic N) is 7. The number of pyridine rings is 1. The fourth-order valence-corrected chi connectivity index (χ4v) is 13.1. The number of aromatic carboxylic acids is 1. The molecule has 2 aliphatic carbocycles. The minimum atomic E-state index is -1.10. The summed E-state index contributed by atoms with van der Waals surface area (Å²) in [5.74, 6) is 0.267. The molecule has 3 unspecified atom stereocenters. The van der Waals surface area contributed by atoms with E-state index < -0.39 is 11.9 Å². The van der Waals surface area contributed by atoms with Gasteiger partial charge in [0, 0.05) is 81.5 Å². The summed E-state index contributed by atoms with van der Waals surface area (Å²) in [5, 5.41) is 22.2. The fraction of sp³-hybridized carbons (Fsp3) is 0.386. The van der Waals surface area contributed by atoms with Gasteiger partial charge < -0.3 is 24.4 Å². The quantitative estimate of drug-likeness (QED) is 0.0938. The Kier molecular flexibility index (Phi) is 12.9. The van der Waals surface area contributed by atoms with Crippen LogP contribution in [0.4, 0.5) is 16.6 Å². The van der Waals surface area contributed by atoms with Crippen LogP contribution in [0.25, 0.3) is 32.2 Å². The largest absolute Gasteiger partial charge is 0.490 e. The SMILES string of the molecule is Cc1cc(OC2CC3CC(OCCN4CCN(c5ccc6c(C7CCC(=O)NC7=O)nn(C)c6c5)CC4)CC3C2)ccc1-c1ccc(N2CCc3cccc(C(=O)Nc4nc5ccccc5s4)c3C2)nc1C(=O)O. The van der Waals surface area contributed by atoms with Gasteiger partial charge in [-0.15, -0.1) is 0 Å². The minimum absolute atomic E-state index is 0.0179. The van der Waals surface area contributed by atoms with Crippen molar-refractivity contribution in [1.29, 1.82) is 0 Å². The number of fused-ring (bicyclic) bond motifs is 4. The van der Waals surface area contributed by atoms with E-state index in [0.29, 0.717) is 66.3 Å². The van der Waals surface area contributed by atoms with E-state index in [1.807, 2.05) is 96.3 Å². The second-order valence-corrected chi connectivity index (χ2v) is 21.7. The first-order chi connectivity index (χ1) is 36.0. The number of amides is 3. The lowest BCUT2D eigenvalue weighted by Crippen LogP contribution is -2.47. The Hall–Kier alpha value is -7.21. The molecule has 4 aromatic carbocycles. The maximum Gasteiger partial charge on any atom is 0.355 e. The van der Waals surface area contributed by atoms with Crippen molar-refractivity contribution >= 4 is 72.8 Å². The normalized spacial score (nSPS) is 22.0. The van der Waals surface area contributed by atoms with Gasteiger partial charge in [-0.25, -0.2) is 14.8 Å². The second-order valence-electron chi connectivity index (χ2n) is 20.6. The molecule has 17 heteroatoms. The number of imide groups is 1. The van der Waals surface area contributed by atoms with Crippen molar-refractivity contribution < 1.29 is 33.8 Å². The number of benzene rings is 4. The molecule has 0 radical (unpaired) electrons. The Labute approximate surface area is 432 Å². The van der Waals surface area contributed by atoms with Crippen LogP contribution in [0.3, 0.4) is 0 Å². The molecule has 6 heterocycles. The summed E-state index contributed by atoms with van der Waals surface area (Å²) in [5.41, 5.74) is 8.50. The van der Waals surface area contributed by atoms with E-state index in [0.717, 1.165) is 126 Å². The average Bonchev–Trinajstić information content (AvgIpc) is 4.17. The van der Waals surface area contributed by atoms with Crippen molar-refractivity contribution in [3.63, 3.8) is 0 Å². The summed E-state index contributed by atoms with van der Waals surface area (Å²) in [7, 11) is 1.91. The molecule has 5 aliphatic rings. The van der Waals surface area contributed by atoms with Crippen molar-refractivity contribution in [2.75, 3.05) is 61.0 Å². The lowest BCUT2D eigenvalue weighted by atomic mass is 9.93. The van der Waals surface area contributed by atoms with Gasteiger partial charge in [0.15, 0.2) is 10.8 Å². The lowest BCUT2D eigenvalue weighted by molar-refractivity contribution is -0.134. The molecule has 3 atom stereocenters. The van der Waals surface area contributed by atoms with Gasteiger partial charge in [0.2, 0.25) is 11.8 Å². The van der Waals surface area contributed by atoms with Crippen molar-refractivity contribution in [1.82, 2.24) is 30.0 Å². The highest BCUT2D eigenvalue weighted by Gasteiger charge is 2.43. The number of anilines is 3. The number of rotatable bonds is 13. The van der Waals surface area contributed by atoms with Crippen LogP contribution in [0.1, 0.15) is 87.7 Å². The second kappa shape index (κ2) is 19.9. The molecule has 7 aromatic rings. The van der Waals surface area contributed by atoms with Crippen LogP contribution in [0.15, 0.2) is 91.0 Å². The van der Waals surface area contributed by atoms with Gasteiger partial charge in [0.1, 0.15) is 11.6 Å². The zero-order chi connectivity index (χ0) is 50.6. The summed E-state index contributed by atoms with van der Waals surface area (Å²) in [4.78, 5) is 67.1. The predicted octanol–water partition coefficient (Wildman–Crippen LogP) is 8.36. The molecular weight excluding hydrogens is 955 g/mol. The van der Waals surface area contributed by atoms with E-state index in [2.05, 4.69) is 43.6 Å². The van der Waals surface area contributed by atoms with Crippen LogP contribution in [-0.2, 0) is 34.3 Å². The van der Waals surface area contributed by atoms with Gasteiger partial charge in [-0.1, -0.05) is 41.7 Å². The van der Waals surface area contributed by atoms with Crippen molar-refractivity contribution in [3.8, 4) is 16.9 Å². The van der Waals surface area contributed by atoms with Gasteiger partial charge in [-0.3, -0.25) is 34.6 Å². The molecule has 380 valence electrons. The third-order valence-corrected chi connectivity index (χ3v) is 17.0. The van der Waals surface area contributed by atoms with Gasteiger partial charge in [-0.05, 0) is 140 Å². The molecular formula is C57H59N9O7S. The Bertz CT molecular complexity index is 3300. The number of carboxylic acid groups (broad SMARTS) is 1. The third-order valence-electron chi connectivity index (χ3n) is 16.1. The van der Waals surface area contributed by atoms with Crippen LogP contribution in [0.5, 0.6) is 5.75 Å². The lowest BCUT2D eigenvalue weighted by Gasteiger charge is -2.36. The maximum atomic E-state index is 13.6. The summed E-state index contributed by atoms with van der Waals surface area (Å²) in [6.45, 7) is 8.43. The molecule has 3 aliphatic heterocycles. The van der Waals surface area contributed by atoms with E-state index in [1.54, 1.807) is 0 Å². The Balaban J connectivity index is 0.611. The standard InChI is InChI=1S/C57H59N9O7S/c1-33-26-38(11-13-41(33)42-14-16-50(59-53(42)56(70)71)66-19-18-34-6-5-7-43(46(34)32-66)54(68)61-57-58-47-8-3-4-9-49(47)74-57)73-40-29-35-27-39(28-36(35)30-40)72-25-24-64-20-22-65(23-21-64)37-10-12-44-48(31-37)63(2)62-52(44)45-15-17-51(67)60-55(45)69/h3-14,16,26,31,35-36,39-40,45H,15,17-25,27-30,32H2,1-2H3,(H,70,71)(H,58,61,68)(H,60,67,69). The molecule has 3 N–H and O–H groups in total. The van der Waals surface area contributed by atoms with E-state index >= 15 is 0 Å². The number of piperazine rings is 1. The number of aryl methyl sites for hydroxylation is 2. The first kappa shape index (κ1) is 47.8. The van der Waals surface area contributed by atoms with E-state index in [-0.39, 0.29) is 35.6 Å². The number of para-hydroxylation sites is 1. The highest BCUT2D eigenvalue weighted by atomic mass is 32.1. The number of ether oxygens (including phenoxy) is 2. The molecule has 2 saturated carbocycles. The van der Waals surface area contributed by atoms with Crippen LogP contribution in [0, 0.1) is 18.8 Å². The summed E-state index contributed by atoms with van der Waals surface area (Å²) in [6.07, 6.45) is 6.03. The number of aromatic nitrogens is 4. The zero-order valence-electron chi connectivity index (χ0n) is 41.6. The Morgan fingerprint density at radius 1 is 0.838 bits per heavy atom. The van der Waals surface area contributed by atoms with Crippen molar-refractivity contribution in [2.45, 2.75) is 76.5 Å². The van der Waals surface area contributed by atoms with Gasteiger partial charge >= 0.3 is 5.97 Å². The molecule has 16 nitrogen and oxygen atoms in total. The van der Waals surface area contributed by atoms with E-state index in [9.17, 15) is 24.3 Å². The summed E-state index contributed by atoms with van der Waals surface area (Å²) >= 11 is 1.44. The molecule has 0 spiro atoms. The summed E-state index contributed by atoms with van der Waals surface area (Å²) in [6, 6.07) is 29.6. The van der Waals surface area contributed by atoms with E-state index in [4.69, 9.17) is 19.6 Å². The smallest absolute Gasteiger partial charge is 0.355 e. The monoisotopic (exact) mass is 1010 g/mol. The number of nitrogens with one attached hydrogen (secondary N) is 2. The van der Waals surface area contributed by atoms with Crippen LogP contribution < -0.4 is 25.2 Å². The fourth-order valence-electron chi connectivity index (χ4n) is 12.3. The Morgan fingerprint density at radius 3 is 2.42 bits per heavy atom. The Morgan fingerprint density at radius 2 is 1.64 bits per heavy atom. The van der Waals surface area contributed by atoms with Gasteiger partial charge in [-0.2, -0.15) is 5.10 Å². The first-order valence-corrected chi connectivity index (χ1v) is 26.7. The molecule has 12 rings (SSSR count). The highest BCUT2D eigenvalue weighted by molar-refractivity contribution is 7.22. The topological polar surface area (TPSA) is 184 Å². The minimum Gasteiger partial charge on any atom is -0.490 e. The predicted molar refractivity (Wildman–Crippen MR) is 284 cm³/mol. The number of hydrogen-bond donors (Lipinski definition) is 3. The molecule has 3 aromatic heterocycles. The van der Waals surface area contributed by atoms with Crippen LogP contribution in [-0.4, -0.2) is 112 Å². The highest BCUT2D eigenvalue weighted by Crippen LogP contribution is 2.47. The van der Waals surface area contributed by atoms with Gasteiger partial charge in [0.25, 0.3) is 5.91 Å². The molecule has 0 bridgehead atoms.